The van der Waals surface area contributed by atoms with E-state index < -0.39 is 0 Å². The van der Waals surface area contributed by atoms with E-state index in [4.69, 9.17) is 4.52 Å². The van der Waals surface area contributed by atoms with Gasteiger partial charge in [-0.3, -0.25) is 4.90 Å². The second kappa shape index (κ2) is 7.47. The Balaban J connectivity index is 1.28. The molecule has 0 fully saturated rings. The van der Waals surface area contributed by atoms with Gasteiger partial charge in [0.1, 0.15) is 0 Å². The molecule has 1 aliphatic rings. The maximum Gasteiger partial charge on any atom is 0.268 e. The average Bonchev–Trinajstić information content (AvgIpc) is 3.31. The molecule has 6 heteroatoms. The second-order valence-electron chi connectivity index (χ2n) is 6.53. The molecule has 3 aromatic rings. The summed E-state index contributed by atoms with van der Waals surface area (Å²) >= 11 is 1.61. The lowest BCUT2D eigenvalue weighted by Crippen LogP contribution is -2.41. The minimum Gasteiger partial charge on any atom is -0.333 e. The van der Waals surface area contributed by atoms with Gasteiger partial charge >= 0.3 is 0 Å². The fourth-order valence-electron chi connectivity index (χ4n) is 3.25. The predicted molar refractivity (Wildman–Crippen MR) is 99.3 cm³/mol. The van der Waals surface area contributed by atoms with Crippen molar-refractivity contribution in [2.75, 3.05) is 13.1 Å². The molecule has 4 rings (SSSR count). The molecule has 0 saturated heterocycles. The van der Waals surface area contributed by atoms with Crippen molar-refractivity contribution in [1.82, 2.24) is 20.4 Å². The highest BCUT2D eigenvalue weighted by Crippen LogP contribution is 2.22. The molecule has 0 saturated carbocycles. The van der Waals surface area contributed by atoms with Crippen LogP contribution in [-0.2, 0) is 19.5 Å². The van der Waals surface area contributed by atoms with E-state index in [0.717, 1.165) is 30.9 Å². The van der Waals surface area contributed by atoms with Gasteiger partial charge in [0.25, 0.3) is 5.89 Å². The Morgan fingerprint density at radius 2 is 2.12 bits per heavy atom. The molecule has 0 aliphatic carbocycles. The first kappa shape index (κ1) is 16.4. The summed E-state index contributed by atoms with van der Waals surface area (Å²) in [7, 11) is 0. The minimum atomic E-state index is 0.369. The molecule has 1 atom stereocenters. The minimum absolute atomic E-state index is 0.369. The topological polar surface area (TPSA) is 54.2 Å². The lowest BCUT2D eigenvalue weighted by molar-refractivity contribution is 0.228. The van der Waals surface area contributed by atoms with Crippen LogP contribution in [0.1, 0.15) is 23.9 Å². The zero-order valence-corrected chi connectivity index (χ0v) is 15.1. The monoisotopic (exact) mass is 354 g/mol. The lowest BCUT2D eigenvalue weighted by Gasteiger charge is -2.31. The summed E-state index contributed by atoms with van der Waals surface area (Å²) in [5, 5.41) is 9.58. The third-order valence-electron chi connectivity index (χ3n) is 4.55. The summed E-state index contributed by atoms with van der Waals surface area (Å²) in [5.41, 5.74) is 2.95. The summed E-state index contributed by atoms with van der Waals surface area (Å²) in [6.45, 7) is 6.01. The van der Waals surface area contributed by atoms with Crippen LogP contribution in [0.4, 0.5) is 0 Å². The van der Waals surface area contributed by atoms with Gasteiger partial charge in [-0.15, -0.1) is 11.3 Å². The summed E-state index contributed by atoms with van der Waals surface area (Å²) in [6, 6.07) is 13.1. The number of nitrogens with one attached hydrogen (secondary N) is 1. The van der Waals surface area contributed by atoms with Gasteiger partial charge in [-0.1, -0.05) is 35.5 Å². The third-order valence-corrected chi connectivity index (χ3v) is 5.41. The van der Waals surface area contributed by atoms with E-state index in [1.54, 1.807) is 11.3 Å². The van der Waals surface area contributed by atoms with E-state index in [-0.39, 0.29) is 0 Å². The van der Waals surface area contributed by atoms with Gasteiger partial charge in [0.05, 0.1) is 11.4 Å². The van der Waals surface area contributed by atoms with Crippen molar-refractivity contribution in [3.05, 3.63) is 58.7 Å². The highest BCUT2D eigenvalue weighted by molar-refractivity contribution is 7.13. The molecular formula is C19H22N4OS. The quantitative estimate of drug-likeness (QED) is 0.736. The average molecular weight is 354 g/mol. The first-order chi connectivity index (χ1) is 12.3. The van der Waals surface area contributed by atoms with Crippen molar-refractivity contribution in [2.45, 2.75) is 32.5 Å². The normalized spacial score (nSPS) is 15.9. The Morgan fingerprint density at radius 3 is 2.96 bits per heavy atom. The first-order valence-electron chi connectivity index (χ1n) is 8.67. The van der Waals surface area contributed by atoms with Crippen molar-refractivity contribution >= 4 is 11.3 Å². The summed E-state index contributed by atoms with van der Waals surface area (Å²) < 4.78 is 5.33. The standard InChI is InChI=1S/C19H22N4OS/c1-14(12-23-9-8-15-5-2-3-6-16(15)13-23)20-11-18-21-19(24-22-18)17-7-4-10-25-17/h2-7,10,14,20H,8-9,11-13H2,1H3. The number of thiophene rings is 1. The first-order valence-corrected chi connectivity index (χ1v) is 9.55. The third kappa shape index (κ3) is 3.98. The predicted octanol–water partition coefficient (Wildman–Crippen LogP) is 3.33. The van der Waals surface area contributed by atoms with Gasteiger partial charge in [0, 0.05) is 25.7 Å². The molecule has 0 spiro atoms. The zero-order valence-electron chi connectivity index (χ0n) is 14.3. The molecule has 1 aliphatic heterocycles. The molecule has 3 heterocycles. The molecule has 0 radical (unpaired) electrons. The fraction of sp³-hybridized carbons (Fsp3) is 0.368. The smallest absolute Gasteiger partial charge is 0.268 e. The van der Waals surface area contributed by atoms with E-state index in [0.29, 0.717) is 24.3 Å². The Morgan fingerprint density at radius 1 is 1.24 bits per heavy atom. The summed E-state index contributed by atoms with van der Waals surface area (Å²) in [5.74, 6) is 1.31. The molecule has 130 valence electrons. The van der Waals surface area contributed by atoms with E-state index >= 15 is 0 Å². The maximum absolute atomic E-state index is 5.33. The van der Waals surface area contributed by atoms with Crippen LogP contribution in [0.2, 0.25) is 0 Å². The van der Waals surface area contributed by atoms with Crippen LogP contribution in [0.5, 0.6) is 0 Å². The van der Waals surface area contributed by atoms with Crippen molar-refractivity contribution in [3.8, 4) is 10.8 Å². The van der Waals surface area contributed by atoms with Crippen LogP contribution < -0.4 is 5.32 Å². The van der Waals surface area contributed by atoms with E-state index in [2.05, 4.69) is 51.5 Å². The molecular weight excluding hydrogens is 332 g/mol. The molecule has 0 bridgehead atoms. The molecule has 1 aromatic carbocycles. The molecule has 0 amide bonds. The van der Waals surface area contributed by atoms with Crippen LogP contribution >= 0.6 is 11.3 Å². The molecule has 1 unspecified atom stereocenters. The molecule has 2 aromatic heterocycles. The van der Waals surface area contributed by atoms with Gasteiger partial charge in [-0.25, -0.2) is 0 Å². The van der Waals surface area contributed by atoms with Gasteiger partial charge in [-0.2, -0.15) is 4.98 Å². The number of nitrogens with zero attached hydrogens (tertiary/aromatic N) is 3. The highest BCUT2D eigenvalue weighted by atomic mass is 32.1. The zero-order chi connectivity index (χ0) is 17.1. The van der Waals surface area contributed by atoms with E-state index in [9.17, 15) is 0 Å². The number of hydrogen-bond donors (Lipinski definition) is 1. The van der Waals surface area contributed by atoms with Crippen LogP contribution in [0, 0.1) is 0 Å². The molecule has 25 heavy (non-hydrogen) atoms. The Labute approximate surface area is 151 Å². The Hall–Kier alpha value is -2.02. The van der Waals surface area contributed by atoms with Crippen LogP contribution in [-0.4, -0.2) is 34.2 Å². The number of fused-ring (bicyclic) bond motifs is 1. The number of hydrogen-bond acceptors (Lipinski definition) is 6. The Kier molecular flexibility index (Phi) is 4.92. The van der Waals surface area contributed by atoms with E-state index in [1.165, 1.54) is 11.1 Å². The number of benzene rings is 1. The largest absolute Gasteiger partial charge is 0.333 e. The van der Waals surface area contributed by atoms with Crippen LogP contribution in [0.25, 0.3) is 10.8 Å². The molecule has 1 N–H and O–H groups in total. The van der Waals surface area contributed by atoms with Crippen molar-refractivity contribution in [1.29, 1.82) is 0 Å². The summed E-state index contributed by atoms with van der Waals surface area (Å²) in [4.78, 5) is 7.98. The maximum atomic E-state index is 5.33. The van der Waals surface area contributed by atoms with Gasteiger partial charge in [0.2, 0.25) is 0 Å². The van der Waals surface area contributed by atoms with E-state index in [1.807, 2.05) is 17.5 Å². The highest BCUT2D eigenvalue weighted by Gasteiger charge is 2.18. The van der Waals surface area contributed by atoms with Crippen molar-refractivity contribution < 1.29 is 4.52 Å². The van der Waals surface area contributed by atoms with Gasteiger partial charge < -0.3 is 9.84 Å². The SMILES string of the molecule is CC(CN1CCc2ccccc2C1)NCc1noc(-c2cccs2)n1. The van der Waals surface area contributed by atoms with Gasteiger partial charge in [-0.05, 0) is 35.9 Å². The van der Waals surface area contributed by atoms with Crippen LogP contribution in [0.3, 0.4) is 0 Å². The van der Waals surface area contributed by atoms with Gasteiger partial charge in [0.15, 0.2) is 5.82 Å². The molecule has 5 nitrogen and oxygen atoms in total. The summed E-state index contributed by atoms with van der Waals surface area (Å²) in [6.07, 6.45) is 1.14. The van der Waals surface area contributed by atoms with Crippen LogP contribution in [0.15, 0.2) is 46.3 Å². The lowest BCUT2D eigenvalue weighted by atomic mass is 10.00. The van der Waals surface area contributed by atoms with Crippen molar-refractivity contribution in [3.63, 3.8) is 0 Å². The number of aromatic nitrogens is 2. The fourth-order valence-corrected chi connectivity index (χ4v) is 3.90. The second-order valence-corrected chi connectivity index (χ2v) is 7.48. The number of rotatable bonds is 6. The van der Waals surface area contributed by atoms with Crippen molar-refractivity contribution in [2.24, 2.45) is 0 Å². The Bertz CT molecular complexity index is 814.